The summed E-state index contributed by atoms with van der Waals surface area (Å²) < 4.78 is 5.81. The Kier molecular flexibility index (Phi) is 6.05. The molecular formula is C19H22ClNO2. The summed E-state index contributed by atoms with van der Waals surface area (Å²) in [6, 6.07) is 15.3. The third-order valence-corrected chi connectivity index (χ3v) is 3.87. The zero-order chi connectivity index (χ0) is 16.8. The molecule has 2 aromatic rings. The van der Waals surface area contributed by atoms with E-state index in [1.54, 1.807) is 24.1 Å². The van der Waals surface area contributed by atoms with Crippen LogP contribution in [0.15, 0.2) is 48.5 Å². The van der Waals surface area contributed by atoms with Crippen LogP contribution in [0.5, 0.6) is 5.75 Å². The van der Waals surface area contributed by atoms with Crippen LogP contribution < -0.4 is 4.74 Å². The van der Waals surface area contributed by atoms with Gasteiger partial charge >= 0.3 is 0 Å². The fourth-order valence-corrected chi connectivity index (χ4v) is 2.48. The average Bonchev–Trinajstić information content (AvgIpc) is 2.54. The lowest BCUT2D eigenvalue weighted by atomic mass is 10.1. The molecule has 0 N–H and O–H groups in total. The number of nitrogens with zero attached hydrogens (tertiary/aromatic N) is 1. The van der Waals surface area contributed by atoms with Crippen LogP contribution in [-0.4, -0.2) is 24.0 Å². The van der Waals surface area contributed by atoms with Gasteiger partial charge in [0.25, 0.3) is 5.91 Å². The van der Waals surface area contributed by atoms with Gasteiger partial charge in [-0.25, -0.2) is 0 Å². The second-order valence-electron chi connectivity index (χ2n) is 5.65. The quantitative estimate of drug-likeness (QED) is 0.782. The van der Waals surface area contributed by atoms with Crippen LogP contribution in [0.25, 0.3) is 0 Å². The van der Waals surface area contributed by atoms with Crippen LogP contribution in [-0.2, 0) is 11.3 Å². The molecule has 0 saturated heterocycles. The summed E-state index contributed by atoms with van der Waals surface area (Å²) in [5.74, 6) is 0.578. The van der Waals surface area contributed by atoms with Crippen molar-refractivity contribution in [2.45, 2.75) is 32.9 Å². The Balaban J connectivity index is 2.02. The van der Waals surface area contributed by atoms with Gasteiger partial charge in [-0.05, 0) is 37.1 Å². The van der Waals surface area contributed by atoms with Crippen molar-refractivity contribution >= 4 is 17.5 Å². The second-order valence-corrected chi connectivity index (χ2v) is 6.09. The van der Waals surface area contributed by atoms with E-state index in [0.29, 0.717) is 23.7 Å². The molecule has 1 atom stereocenters. The normalized spacial score (nSPS) is 11.8. The van der Waals surface area contributed by atoms with Gasteiger partial charge in [0.2, 0.25) is 0 Å². The van der Waals surface area contributed by atoms with Crippen molar-refractivity contribution < 1.29 is 9.53 Å². The number of hydrogen-bond donors (Lipinski definition) is 0. The van der Waals surface area contributed by atoms with E-state index in [9.17, 15) is 4.79 Å². The zero-order valence-electron chi connectivity index (χ0n) is 13.8. The summed E-state index contributed by atoms with van der Waals surface area (Å²) in [6.07, 6.45) is 0.0905. The van der Waals surface area contributed by atoms with Crippen molar-refractivity contribution in [1.29, 1.82) is 0 Å². The van der Waals surface area contributed by atoms with E-state index < -0.39 is 6.10 Å². The predicted molar refractivity (Wildman–Crippen MR) is 93.8 cm³/mol. The topological polar surface area (TPSA) is 29.5 Å². The minimum Gasteiger partial charge on any atom is -0.481 e. The fraction of sp³-hybridized carbons (Fsp3) is 0.316. The minimum absolute atomic E-state index is 0.0342. The Bertz CT molecular complexity index is 655. The molecule has 0 saturated carbocycles. The number of carbonyl (C=O) groups is 1. The van der Waals surface area contributed by atoms with E-state index in [0.717, 1.165) is 5.56 Å². The molecule has 0 radical (unpaired) electrons. The molecule has 0 bridgehead atoms. The molecule has 1 amide bonds. The molecule has 0 aromatic heterocycles. The summed E-state index contributed by atoms with van der Waals surface area (Å²) in [6.45, 7) is 4.55. The Morgan fingerprint density at radius 3 is 2.52 bits per heavy atom. The summed E-state index contributed by atoms with van der Waals surface area (Å²) in [5, 5.41) is 0.595. The minimum atomic E-state index is -0.510. The van der Waals surface area contributed by atoms with Crippen LogP contribution in [0.4, 0.5) is 0 Å². The Hall–Kier alpha value is -2.00. The van der Waals surface area contributed by atoms with Crippen molar-refractivity contribution in [3.63, 3.8) is 0 Å². The van der Waals surface area contributed by atoms with Gasteiger partial charge in [-0.2, -0.15) is 0 Å². The first-order chi connectivity index (χ1) is 11.0. The molecule has 0 aliphatic carbocycles. The van der Waals surface area contributed by atoms with Gasteiger partial charge in [0.05, 0.1) is 0 Å². The maximum atomic E-state index is 12.6. The van der Waals surface area contributed by atoms with Gasteiger partial charge in [-0.1, -0.05) is 54.4 Å². The molecule has 0 spiro atoms. The van der Waals surface area contributed by atoms with Crippen LogP contribution in [0, 0.1) is 6.92 Å². The van der Waals surface area contributed by atoms with Gasteiger partial charge < -0.3 is 9.64 Å². The maximum Gasteiger partial charge on any atom is 0.263 e. The van der Waals surface area contributed by atoms with Crippen LogP contribution >= 0.6 is 11.6 Å². The molecule has 122 valence electrons. The number of ether oxygens (including phenoxy) is 1. The van der Waals surface area contributed by atoms with Gasteiger partial charge in [0.1, 0.15) is 5.75 Å². The summed E-state index contributed by atoms with van der Waals surface area (Å²) >= 11 is 5.96. The molecular weight excluding hydrogens is 310 g/mol. The monoisotopic (exact) mass is 331 g/mol. The first-order valence-electron chi connectivity index (χ1n) is 7.72. The molecule has 0 aliphatic heterocycles. The first kappa shape index (κ1) is 17.4. The number of amides is 1. The summed E-state index contributed by atoms with van der Waals surface area (Å²) in [5.41, 5.74) is 2.31. The number of carbonyl (C=O) groups excluding carboxylic acids is 1. The fourth-order valence-electron chi connectivity index (χ4n) is 2.30. The van der Waals surface area contributed by atoms with E-state index in [-0.39, 0.29) is 5.91 Å². The summed E-state index contributed by atoms with van der Waals surface area (Å²) in [7, 11) is 1.80. The van der Waals surface area contributed by atoms with Crippen LogP contribution in [0.2, 0.25) is 5.02 Å². The van der Waals surface area contributed by atoms with Crippen molar-refractivity contribution in [3.8, 4) is 5.75 Å². The molecule has 0 fully saturated rings. The molecule has 0 heterocycles. The smallest absolute Gasteiger partial charge is 0.263 e. The molecule has 23 heavy (non-hydrogen) atoms. The third kappa shape index (κ3) is 5.00. The van der Waals surface area contributed by atoms with Crippen molar-refractivity contribution in [3.05, 3.63) is 64.7 Å². The van der Waals surface area contributed by atoms with Gasteiger partial charge in [-0.15, -0.1) is 0 Å². The molecule has 0 unspecified atom stereocenters. The zero-order valence-corrected chi connectivity index (χ0v) is 14.5. The van der Waals surface area contributed by atoms with Crippen LogP contribution in [0.1, 0.15) is 24.5 Å². The summed E-state index contributed by atoms with van der Waals surface area (Å²) in [4.78, 5) is 14.3. The van der Waals surface area contributed by atoms with E-state index >= 15 is 0 Å². The highest BCUT2D eigenvalue weighted by molar-refractivity contribution is 6.30. The molecule has 3 nitrogen and oxygen atoms in total. The lowest BCUT2D eigenvalue weighted by molar-refractivity contribution is -0.138. The van der Waals surface area contributed by atoms with E-state index in [4.69, 9.17) is 16.3 Å². The average molecular weight is 332 g/mol. The Labute approximate surface area is 142 Å². The lowest BCUT2D eigenvalue weighted by Gasteiger charge is -2.24. The number of rotatable bonds is 6. The third-order valence-electron chi connectivity index (χ3n) is 3.64. The predicted octanol–water partition coefficient (Wildman–Crippen LogP) is 4.46. The SMILES string of the molecule is CC[C@@H](Oc1cccc(Cl)c1)C(=O)N(C)Cc1ccc(C)cc1. The molecule has 2 aromatic carbocycles. The second kappa shape index (κ2) is 8.02. The maximum absolute atomic E-state index is 12.6. The number of aryl methyl sites for hydroxylation is 1. The first-order valence-corrected chi connectivity index (χ1v) is 8.10. The van der Waals surface area contributed by atoms with Gasteiger partial charge in [0, 0.05) is 18.6 Å². The van der Waals surface area contributed by atoms with E-state index in [2.05, 4.69) is 0 Å². The molecule has 2 rings (SSSR count). The lowest BCUT2D eigenvalue weighted by Crippen LogP contribution is -2.39. The highest BCUT2D eigenvalue weighted by Gasteiger charge is 2.22. The number of hydrogen-bond acceptors (Lipinski definition) is 2. The molecule has 0 aliphatic rings. The van der Waals surface area contributed by atoms with Crippen LogP contribution in [0.3, 0.4) is 0 Å². The van der Waals surface area contributed by atoms with Crippen molar-refractivity contribution in [2.24, 2.45) is 0 Å². The number of benzene rings is 2. The molecule has 4 heteroatoms. The Morgan fingerprint density at radius 1 is 1.22 bits per heavy atom. The standard InChI is InChI=1S/C19H22ClNO2/c1-4-18(23-17-7-5-6-16(20)12-17)19(22)21(3)13-15-10-8-14(2)9-11-15/h5-12,18H,4,13H2,1-3H3/t18-/m1/s1. The Morgan fingerprint density at radius 2 is 1.91 bits per heavy atom. The number of halogens is 1. The van der Waals surface area contributed by atoms with E-state index in [1.165, 1.54) is 5.56 Å². The van der Waals surface area contributed by atoms with E-state index in [1.807, 2.05) is 50.2 Å². The van der Waals surface area contributed by atoms with Crippen molar-refractivity contribution in [1.82, 2.24) is 4.90 Å². The van der Waals surface area contributed by atoms with Gasteiger partial charge in [-0.3, -0.25) is 4.79 Å². The highest BCUT2D eigenvalue weighted by Crippen LogP contribution is 2.20. The van der Waals surface area contributed by atoms with Crippen molar-refractivity contribution in [2.75, 3.05) is 7.05 Å². The largest absolute Gasteiger partial charge is 0.481 e. The highest BCUT2D eigenvalue weighted by atomic mass is 35.5. The van der Waals surface area contributed by atoms with Gasteiger partial charge in [0.15, 0.2) is 6.10 Å². The number of likely N-dealkylation sites (N-methyl/N-ethyl adjacent to an activating group) is 1.